The minimum Gasteiger partial charge on any atom is -0.490 e. The number of non-ortho nitro benzene ring substituents is 1. The quantitative estimate of drug-likeness (QED) is 0.189. The third-order valence-electron chi connectivity index (χ3n) is 4.77. The number of hydrogen-bond donors (Lipinski definition) is 1. The predicted molar refractivity (Wildman–Crippen MR) is 127 cm³/mol. The number of thioether (sulfide) groups is 1. The smallest absolute Gasteiger partial charge is 0.441 e. The molecule has 0 aliphatic carbocycles. The Morgan fingerprint density at radius 3 is 2.68 bits per heavy atom. The third kappa shape index (κ3) is 5.35. The van der Waals surface area contributed by atoms with E-state index < -0.39 is 33.9 Å². The molecule has 0 saturated carbocycles. The molecule has 0 fully saturated rings. The van der Waals surface area contributed by atoms with Crippen molar-refractivity contribution in [1.82, 2.24) is 5.01 Å². The highest BCUT2D eigenvalue weighted by Gasteiger charge is 2.46. The van der Waals surface area contributed by atoms with Crippen molar-refractivity contribution >= 4 is 51.4 Å². The molecule has 11 nitrogen and oxygen atoms in total. The first-order chi connectivity index (χ1) is 17.5. The summed E-state index contributed by atoms with van der Waals surface area (Å²) in [6.45, 7) is 1.82. The van der Waals surface area contributed by atoms with Gasteiger partial charge in [-0.1, -0.05) is 12.1 Å². The summed E-state index contributed by atoms with van der Waals surface area (Å²) in [4.78, 5) is 38.9. The number of aliphatic imine (C=N–C) groups is 1. The number of carbonyl (C=O) groups is 2. The van der Waals surface area contributed by atoms with Gasteiger partial charge in [-0.05, 0) is 48.5 Å². The molecule has 2 aromatic rings. The van der Waals surface area contributed by atoms with E-state index in [0.717, 1.165) is 6.07 Å². The summed E-state index contributed by atoms with van der Waals surface area (Å²) in [7, 11) is 0. The van der Waals surface area contributed by atoms with Gasteiger partial charge in [-0.3, -0.25) is 20.3 Å². The molecule has 2 aromatic carbocycles. The Morgan fingerprint density at radius 1 is 1.24 bits per heavy atom. The molecule has 2 heterocycles. The van der Waals surface area contributed by atoms with Crippen LogP contribution in [-0.2, 0) is 4.79 Å². The Kier molecular flexibility index (Phi) is 6.80. The van der Waals surface area contributed by atoms with Crippen molar-refractivity contribution in [2.45, 2.75) is 13.1 Å². The number of esters is 1. The van der Waals surface area contributed by atoms with Crippen LogP contribution in [0.2, 0.25) is 0 Å². The summed E-state index contributed by atoms with van der Waals surface area (Å²) in [6.07, 6.45) is -3.55. The Labute approximate surface area is 209 Å². The fraction of sp³-hybridized carbons (Fsp3) is 0.136. The van der Waals surface area contributed by atoms with E-state index in [2.05, 4.69) is 10.1 Å². The zero-order valence-corrected chi connectivity index (χ0v) is 19.4. The lowest BCUT2D eigenvalue weighted by Gasteiger charge is -2.20. The number of amidine groups is 2. The Morgan fingerprint density at radius 2 is 2.00 bits per heavy atom. The maximum absolute atomic E-state index is 13.0. The summed E-state index contributed by atoms with van der Waals surface area (Å²) in [6, 6.07) is 9.08. The number of ether oxygens (including phenoxy) is 2. The first-order valence-electron chi connectivity index (χ1n) is 10.3. The fourth-order valence-corrected chi connectivity index (χ4v) is 3.90. The zero-order chi connectivity index (χ0) is 26.9. The van der Waals surface area contributed by atoms with Crippen molar-refractivity contribution in [2.75, 3.05) is 6.61 Å². The summed E-state index contributed by atoms with van der Waals surface area (Å²) in [5, 5.41) is 21.5. The number of nitro benzene ring substituents is 1. The molecular formula is C22H14F3N5O6S. The summed E-state index contributed by atoms with van der Waals surface area (Å²) < 4.78 is 49.8. The molecule has 0 spiro atoms. The number of nitro groups is 1. The predicted octanol–water partition coefficient (Wildman–Crippen LogP) is 4.39. The number of fused-ring (bicyclic) bond motifs is 1. The number of amides is 1. The molecule has 4 rings (SSSR count). The lowest BCUT2D eigenvalue weighted by atomic mass is 10.1. The third-order valence-corrected chi connectivity index (χ3v) is 5.72. The van der Waals surface area contributed by atoms with Crippen LogP contribution in [0, 0.1) is 15.5 Å². The van der Waals surface area contributed by atoms with Crippen molar-refractivity contribution < 1.29 is 37.2 Å². The first kappa shape index (κ1) is 25.6. The van der Waals surface area contributed by atoms with Crippen LogP contribution < -0.4 is 9.47 Å². The molecule has 1 amide bonds. The van der Waals surface area contributed by atoms with Gasteiger partial charge in [0.2, 0.25) is 10.2 Å². The highest BCUT2D eigenvalue weighted by Crippen LogP contribution is 2.36. The van der Waals surface area contributed by atoms with Gasteiger partial charge in [0.15, 0.2) is 17.3 Å². The molecule has 0 atom stereocenters. The topological polar surface area (TPSA) is 148 Å². The van der Waals surface area contributed by atoms with Gasteiger partial charge in [0.1, 0.15) is 0 Å². The maximum atomic E-state index is 13.0. The fourth-order valence-electron chi connectivity index (χ4n) is 3.15. The van der Waals surface area contributed by atoms with Crippen LogP contribution >= 0.6 is 11.8 Å². The number of alkyl halides is 3. The van der Waals surface area contributed by atoms with Crippen LogP contribution in [-0.4, -0.2) is 50.6 Å². The van der Waals surface area contributed by atoms with Crippen LogP contribution in [0.4, 0.5) is 18.9 Å². The highest BCUT2D eigenvalue weighted by atomic mass is 32.2. The van der Waals surface area contributed by atoms with Crippen molar-refractivity contribution in [2.24, 2.45) is 10.1 Å². The van der Waals surface area contributed by atoms with E-state index in [-0.39, 0.29) is 57.4 Å². The molecule has 0 saturated heterocycles. The van der Waals surface area contributed by atoms with E-state index in [1.54, 1.807) is 6.92 Å². The number of halogens is 3. The molecule has 0 bridgehead atoms. The molecule has 1 N–H and O–H groups in total. The van der Waals surface area contributed by atoms with E-state index in [4.69, 9.17) is 14.9 Å². The standard InChI is InChI=1S/C22H14F3N5O6S/c1-2-35-16-9-11(6-7-15(16)36-19(32)12-4-3-5-13(10-12)30(33)34)8-14-17(26)29-21(27-18(14)31)37-20(28-29)22(23,24)25/h3-10,26H,2H2,1H3/b14-8-,26-17?. The molecule has 0 radical (unpaired) electrons. The van der Waals surface area contributed by atoms with Crippen LogP contribution in [0.3, 0.4) is 0 Å². The molecule has 190 valence electrons. The number of nitrogens with zero attached hydrogens (tertiary/aromatic N) is 4. The van der Waals surface area contributed by atoms with E-state index in [1.807, 2.05) is 0 Å². The number of rotatable bonds is 6. The Balaban J connectivity index is 1.61. The summed E-state index contributed by atoms with van der Waals surface area (Å²) in [5.74, 6) is -2.36. The second kappa shape index (κ2) is 9.85. The van der Waals surface area contributed by atoms with Gasteiger partial charge in [-0.15, -0.1) is 0 Å². The van der Waals surface area contributed by atoms with E-state index in [9.17, 15) is 32.9 Å². The number of carbonyl (C=O) groups excluding carboxylic acids is 2. The van der Waals surface area contributed by atoms with Gasteiger partial charge in [0, 0.05) is 12.1 Å². The lowest BCUT2D eigenvalue weighted by molar-refractivity contribution is -0.384. The number of hydrogen-bond acceptors (Lipinski definition) is 9. The minimum atomic E-state index is -4.76. The SMILES string of the molecule is CCOc1cc(/C=C2/C(=N)N3N=C(C(F)(F)F)SC3=NC2=O)ccc1OC(=O)c1cccc([N+](=O)[O-])c1. The molecule has 2 aliphatic heterocycles. The number of nitrogens with one attached hydrogen (secondary N) is 1. The Bertz CT molecular complexity index is 1440. The average Bonchev–Trinajstić information content (AvgIpc) is 3.28. The second-order valence-electron chi connectivity index (χ2n) is 7.26. The molecule has 2 aliphatic rings. The molecule has 37 heavy (non-hydrogen) atoms. The zero-order valence-electron chi connectivity index (χ0n) is 18.6. The van der Waals surface area contributed by atoms with Crippen LogP contribution in [0.15, 0.2) is 58.1 Å². The Hall–Kier alpha value is -4.53. The van der Waals surface area contributed by atoms with Gasteiger partial charge in [0.25, 0.3) is 11.6 Å². The van der Waals surface area contributed by atoms with Crippen molar-refractivity contribution in [1.29, 1.82) is 5.41 Å². The molecule has 15 heteroatoms. The van der Waals surface area contributed by atoms with Crippen molar-refractivity contribution in [3.8, 4) is 11.5 Å². The molecular weight excluding hydrogens is 519 g/mol. The van der Waals surface area contributed by atoms with E-state index >= 15 is 0 Å². The van der Waals surface area contributed by atoms with Gasteiger partial charge in [-0.2, -0.15) is 28.3 Å². The summed E-state index contributed by atoms with van der Waals surface area (Å²) in [5.41, 5.74) is -0.396. The first-order valence-corrected chi connectivity index (χ1v) is 11.1. The number of hydrazone groups is 1. The molecule has 0 unspecified atom stereocenters. The van der Waals surface area contributed by atoms with Crippen molar-refractivity contribution in [3.63, 3.8) is 0 Å². The molecule has 0 aromatic heterocycles. The van der Waals surface area contributed by atoms with E-state index in [1.165, 1.54) is 42.5 Å². The maximum Gasteiger partial charge on any atom is 0.441 e. The van der Waals surface area contributed by atoms with Crippen LogP contribution in [0.25, 0.3) is 6.08 Å². The van der Waals surface area contributed by atoms with Gasteiger partial charge >= 0.3 is 12.1 Å². The second-order valence-corrected chi connectivity index (χ2v) is 8.22. The lowest BCUT2D eigenvalue weighted by Crippen LogP contribution is -2.35. The van der Waals surface area contributed by atoms with Gasteiger partial charge in [-0.25, -0.2) is 4.79 Å². The van der Waals surface area contributed by atoms with Gasteiger partial charge in [0.05, 0.1) is 22.7 Å². The van der Waals surface area contributed by atoms with Gasteiger partial charge < -0.3 is 9.47 Å². The summed E-state index contributed by atoms with van der Waals surface area (Å²) >= 11 is 0.141. The largest absolute Gasteiger partial charge is 0.490 e. The van der Waals surface area contributed by atoms with Crippen LogP contribution in [0.5, 0.6) is 11.5 Å². The van der Waals surface area contributed by atoms with E-state index in [0.29, 0.717) is 5.01 Å². The monoisotopic (exact) mass is 533 g/mol. The number of benzene rings is 2. The minimum absolute atomic E-state index is 0.0266. The normalized spacial score (nSPS) is 16.3. The van der Waals surface area contributed by atoms with Crippen LogP contribution in [0.1, 0.15) is 22.8 Å². The average molecular weight is 533 g/mol. The highest BCUT2D eigenvalue weighted by molar-refractivity contribution is 8.27. The van der Waals surface area contributed by atoms with Crippen molar-refractivity contribution in [3.05, 3.63) is 69.3 Å².